The van der Waals surface area contributed by atoms with E-state index in [-0.39, 0.29) is 23.3 Å². The zero-order chi connectivity index (χ0) is 36.4. The van der Waals surface area contributed by atoms with Crippen molar-refractivity contribution in [2.75, 3.05) is 22.9 Å². The van der Waals surface area contributed by atoms with E-state index in [1.807, 2.05) is 42.5 Å². The van der Waals surface area contributed by atoms with Crippen LogP contribution in [0.25, 0.3) is 11.4 Å². The fourth-order valence-electron chi connectivity index (χ4n) is 5.47. The highest BCUT2D eigenvalue weighted by molar-refractivity contribution is 7.14. The van der Waals surface area contributed by atoms with Crippen LogP contribution in [-0.4, -0.2) is 64.1 Å². The van der Waals surface area contributed by atoms with Crippen molar-refractivity contribution in [3.05, 3.63) is 93.9 Å². The zero-order valence-electron chi connectivity index (χ0n) is 29.5. The van der Waals surface area contributed by atoms with Crippen molar-refractivity contribution >= 4 is 46.5 Å². The van der Waals surface area contributed by atoms with Crippen LogP contribution in [0.2, 0.25) is 0 Å². The molecule has 1 fully saturated rings. The van der Waals surface area contributed by atoms with Crippen LogP contribution in [0.4, 0.5) is 16.2 Å². The summed E-state index contributed by atoms with van der Waals surface area (Å²) >= 11 is 1.36. The number of urea groups is 1. The molecule has 0 bridgehead atoms. The first-order chi connectivity index (χ1) is 23.5. The van der Waals surface area contributed by atoms with Gasteiger partial charge in [0, 0.05) is 35.6 Å². The highest BCUT2D eigenvalue weighted by atomic mass is 32.1. The average molecular weight is 697 g/mol. The van der Waals surface area contributed by atoms with Gasteiger partial charge in [-0.1, -0.05) is 77.9 Å². The van der Waals surface area contributed by atoms with Crippen molar-refractivity contribution in [1.29, 1.82) is 0 Å². The second-order valence-corrected chi connectivity index (χ2v) is 15.6. The smallest absolute Gasteiger partial charge is 0.329 e. The predicted octanol–water partition coefficient (Wildman–Crippen LogP) is 6.18. The molecule has 0 spiro atoms. The van der Waals surface area contributed by atoms with Gasteiger partial charge in [-0.3, -0.25) is 24.2 Å². The SMILES string of the molecule is C[C@@H](NC(=O)[C@H](Cc1ccc(-c2ncc(N3CCN(c4ccc(C(C)(C)C)cc4)C3=O)cn2)cc1)NC(=O)c1ccc(C(C)(C)C)s1)C(=O)O. The molecule has 2 atom stereocenters. The van der Waals surface area contributed by atoms with E-state index in [1.54, 1.807) is 28.3 Å². The van der Waals surface area contributed by atoms with Crippen molar-refractivity contribution < 1.29 is 24.3 Å². The van der Waals surface area contributed by atoms with Gasteiger partial charge in [0.15, 0.2) is 5.82 Å². The lowest BCUT2D eigenvalue weighted by Crippen LogP contribution is -2.51. The van der Waals surface area contributed by atoms with Gasteiger partial charge in [-0.05, 0) is 53.1 Å². The number of hydrogen-bond donors (Lipinski definition) is 3. The number of carbonyl (C=O) groups is 4. The molecular formula is C38H44N6O5S. The Morgan fingerprint density at radius 2 is 1.42 bits per heavy atom. The maximum atomic E-state index is 13.3. The second kappa shape index (κ2) is 14.4. The van der Waals surface area contributed by atoms with E-state index in [1.165, 1.54) is 23.8 Å². The van der Waals surface area contributed by atoms with Crippen molar-refractivity contribution in [3.8, 4) is 11.4 Å². The summed E-state index contributed by atoms with van der Waals surface area (Å²) in [5.74, 6) is -1.71. The van der Waals surface area contributed by atoms with Gasteiger partial charge in [0.25, 0.3) is 5.91 Å². The Balaban J connectivity index is 1.26. The molecule has 262 valence electrons. The lowest BCUT2D eigenvalue weighted by atomic mass is 9.87. The van der Waals surface area contributed by atoms with Crippen LogP contribution in [0.3, 0.4) is 0 Å². The first kappa shape index (κ1) is 36.2. The summed E-state index contributed by atoms with van der Waals surface area (Å²) in [4.78, 5) is 65.0. The number of thiophene rings is 1. The molecule has 4 aromatic rings. The molecule has 11 nitrogen and oxygen atoms in total. The molecule has 0 aliphatic carbocycles. The molecule has 1 aliphatic rings. The molecular weight excluding hydrogens is 653 g/mol. The van der Waals surface area contributed by atoms with E-state index < -0.39 is 29.9 Å². The number of nitrogens with zero attached hydrogens (tertiary/aromatic N) is 4. The third-order valence-electron chi connectivity index (χ3n) is 8.58. The van der Waals surface area contributed by atoms with E-state index in [0.29, 0.717) is 29.5 Å². The van der Waals surface area contributed by atoms with Gasteiger partial charge < -0.3 is 15.7 Å². The fraction of sp³-hybridized carbons (Fsp3) is 0.368. The maximum Gasteiger partial charge on any atom is 0.329 e. The molecule has 1 aliphatic heterocycles. The maximum absolute atomic E-state index is 13.3. The third-order valence-corrected chi connectivity index (χ3v) is 10.1. The minimum atomic E-state index is -1.18. The second-order valence-electron chi connectivity index (χ2n) is 14.6. The number of aliphatic carboxylic acids is 1. The Hall–Kier alpha value is -5.10. The fourth-order valence-corrected chi connectivity index (χ4v) is 6.44. The molecule has 50 heavy (non-hydrogen) atoms. The van der Waals surface area contributed by atoms with Crippen LogP contribution < -0.4 is 20.4 Å². The lowest BCUT2D eigenvalue weighted by Gasteiger charge is -2.22. The normalized spacial score (nSPS) is 14.7. The number of anilines is 2. The quantitative estimate of drug-likeness (QED) is 0.180. The minimum Gasteiger partial charge on any atom is -0.480 e. The molecule has 0 unspecified atom stereocenters. The number of aromatic nitrogens is 2. The molecule has 1 saturated heterocycles. The van der Waals surface area contributed by atoms with Gasteiger partial charge in [-0.2, -0.15) is 0 Å². The number of hydrogen-bond acceptors (Lipinski definition) is 7. The number of carbonyl (C=O) groups excluding carboxylic acids is 3. The predicted molar refractivity (Wildman–Crippen MR) is 196 cm³/mol. The van der Waals surface area contributed by atoms with E-state index in [4.69, 9.17) is 0 Å². The minimum absolute atomic E-state index is 0.0267. The van der Waals surface area contributed by atoms with Gasteiger partial charge >= 0.3 is 12.0 Å². The van der Waals surface area contributed by atoms with Gasteiger partial charge in [0.1, 0.15) is 12.1 Å². The number of carboxylic acids is 1. The Kier molecular flexibility index (Phi) is 10.4. The largest absolute Gasteiger partial charge is 0.480 e. The van der Waals surface area contributed by atoms with Crippen molar-refractivity contribution in [2.45, 2.75) is 77.8 Å². The van der Waals surface area contributed by atoms with Crippen LogP contribution in [0.1, 0.15) is 74.1 Å². The summed E-state index contributed by atoms with van der Waals surface area (Å²) in [5.41, 5.74) is 4.02. The summed E-state index contributed by atoms with van der Waals surface area (Å²) in [6, 6.07) is 16.7. The molecule has 5 rings (SSSR count). The Labute approximate surface area is 296 Å². The summed E-state index contributed by atoms with van der Waals surface area (Å²) in [6.45, 7) is 15.1. The van der Waals surface area contributed by atoms with Gasteiger partial charge in [-0.15, -0.1) is 11.3 Å². The topological polar surface area (TPSA) is 145 Å². The van der Waals surface area contributed by atoms with Crippen LogP contribution in [0, 0.1) is 0 Å². The number of rotatable bonds is 10. The highest BCUT2D eigenvalue weighted by Crippen LogP contribution is 2.30. The molecule has 0 radical (unpaired) electrons. The molecule has 2 aromatic heterocycles. The van der Waals surface area contributed by atoms with Gasteiger partial charge in [0.05, 0.1) is 23.0 Å². The molecule has 3 N–H and O–H groups in total. The van der Waals surface area contributed by atoms with Gasteiger partial charge in [-0.25, -0.2) is 14.8 Å². The van der Waals surface area contributed by atoms with Crippen molar-refractivity contribution in [1.82, 2.24) is 20.6 Å². The molecule has 2 aromatic carbocycles. The molecule has 12 heteroatoms. The first-order valence-corrected chi connectivity index (χ1v) is 17.4. The summed E-state index contributed by atoms with van der Waals surface area (Å²) in [7, 11) is 0. The first-order valence-electron chi connectivity index (χ1n) is 16.6. The molecule has 4 amide bonds. The van der Waals surface area contributed by atoms with E-state index >= 15 is 0 Å². The Morgan fingerprint density at radius 3 is 1.96 bits per heavy atom. The Bertz CT molecular complexity index is 1860. The molecule has 3 heterocycles. The number of benzene rings is 2. The summed E-state index contributed by atoms with van der Waals surface area (Å²) < 4.78 is 0. The van der Waals surface area contributed by atoms with Crippen LogP contribution in [0.5, 0.6) is 0 Å². The highest BCUT2D eigenvalue weighted by Gasteiger charge is 2.32. The monoisotopic (exact) mass is 696 g/mol. The van der Waals surface area contributed by atoms with Gasteiger partial charge in [0.2, 0.25) is 5.91 Å². The Morgan fingerprint density at radius 1 is 0.820 bits per heavy atom. The number of amides is 4. The zero-order valence-corrected chi connectivity index (χ0v) is 30.3. The number of carboxylic acid groups (broad SMARTS) is 1. The molecule has 0 saturated carbocycles. The van der Waals surface area contributed by atoms with Crippen molar-refractivity contribution in [3.63, 3.8) is 0 Å². The number of nitrogens with one attached hydrogen (secondary N) is 2. The average Bonchev–Trinajstić information content (AvgIpc) is 3.72. The lowest BCUT2D eigenvalue weighted by molar-refractivity contribution is -0.141. The standard InChI is InChI=1S/C38H44N6O5S/c1-23(35(47)48)41-33(45)29(42-34(46)30-16-17-31(50-30)38(5,6)7)20-24-8-10-25(11-9-24)32-39-21-28(22-40-32)44-19-18-43(36(44)49)27-14-12-26(13-15-27)37(2,3)4/h8-17,21-23,29H,18-20H2,1-7H3,(H,41,45)(H,42,46)(H,47,48)/t23-,29+/m1/s1. The third kappa shape index (κ3) is 8.36. The van der Waals surface area contributed by atoms with Crippen molar-refractivity contribution in [2.24, 2.45) is 0 Å². The summed E-state index contributed by atoms with van der Waals surface area (Å²) in [5, 5.41) is 14.6. The van der Waals surface area contributed by atoms with Crippen LogP contribution in [0.15, 0.2) is 73.1 Å². The summed E-state index contributed by atoms with van der Waals surface area (Å²) in [6.07, 6.45) is 3.40. The van der Waals surface area contributed by atoms with E-state index in [2.05, 4.69) is 74.3 Å². The van der Waals surface area contributed by atoms with Crippen LogP contribution >= 0.6 is 11.3 Å². The van der Waals surface area contributed by atoms with Crippen LogP contribution in [-0.2, 0) is 26.8 Å². The van der Waals surface area contributed by atoms with E-state index in [9.17, 15) is 24.3 Å². The van der Waals surface area contributed by atoms with E-state index in [0.717, 1.165) is 21.7 Å².